The first-order chi connectivity index (χ1) is 10.9. The maximum atomic E-state index is 11.5. The summed E-state index contributed by atoms with van der Waals surface area (Å²) in [6.07, 6.45) is 0. The Morgan fingerprint density at radius 2 is 1.09 bits per heavy atom. The van der Waals surface area contributed by atoms with Crippen LogP contribution in [0.5, 0.6) is 11.5 Å². The van der Waals surface area contributed by atoms with E-state index in [-0.39, 0.29) is 25.0 Å². The van der Waals surface area contributed by atoms with E-state index in [1.165, 1.54) is 24.3 Å². The van der Waals surface area contributed by atoms with Gasteiger partial charge in [-0.25, -0.2) is 8.37 Å². The standard InChI is InChI=1S/C14H16N2O6S/c17-13-5-1-11(2-6-13)15-9-21-23(19,20)22-10-16-12-3-7-14(18)8-4-12/h1-8,15-18H,9-10H2. The molecule has 0 amide bonds. The zero-order valence-electron chi connectivity index (χ0n) is 12.0. The normalized spacial score (nSPS) is 11.1. The van der Waals surface area contributed by atoms with Crippen molar-refractivity contribution in [2.45, 2.75) is 0 Å². The first kappa shape index (κ1) is 16.9. The lowest BCUT2D eigenvalue weighted by Crippen LogP contribution is -2.18. The van der Waals surface area contributed by atoms with Crippen molar-refractivity contribution in [2.75, 3.05) is 24.1 Å². The first-order valence-electron chi connectivity index (χ1n) is 6.54. The van der Waals surface area contributed by atoms with Crippen molar-refractivity contribution in [3.63, 3.8) is 0 Å². The quantitative estimate of drug-likeness (QED) is 0.425. The van der Waals surface area contributed by atoms with Crippen LogP contribution in [0.4, 0.5) is 11.4 Å². The van der Waals surface area contributed by atoms with Gasteiger partial charge in [-0.15, -0.1) is 0 Å². The number of hydrogen-bond donors (Lipinski definition) is 4. The highest BCUT2D eigenvalue weighted by molar-refractivity contribution is 7.81. The molecule has 0 aliphatic rings. The summed E-state index contributed by atoms with van der Waals surface area (Å²) in [6.45, 7) is -0.626. The van der Waals surface area contributed by atoms with Crippen molar-refractivity contribution >= 4 is 21.8 Å². The van der Waals surface area contributed by atoms with E-state index in [9.17, 15) is 8.42 Å². The molecule has 2 rings (SSSR count). The maximum absolute atomic E-state index is 11.5. The highest BCUT2D eigenvalue weighted by atomic mass is 32.3. The van der Waals surface area contributed by atoms with Crippen molar-refractivity contribution < 1.29 is 27.0 Å². The van der Waals surface area contributed by atoms with Gasteiger partial charge in [-0.05, 0) is 48.5 Å². The average molecular weight is 340 g/mol. The zero-order valence-corrected chi connectivity index (χ0v) is 12.8. The van der Waals surface area contributed by atoms with Gasteiger partial charge in [0.25, 0.3) is 0 Å². The van der Waals surface area contributed by atoms with E-state index in [0.717, 1.165) is 0 Å². The molecule has 124 valence electrons. The number of anilines is 2. The van der Waals surface area contributed by atoms with Crippen molar-refractivity contribution in [1.82, 2.24) is 0 Å². The van der Waals surface area contributed by atoms with E-state index in [1.54, 1.807) is 24.3 Å². The summed E-state index contributed by atoms with van der Waals surface area (Å²) in [6, 6.07) is 12.1. The SMILES string of the molecule is O=S(=O)(OCNc1ccc(O)cc1)OCNc1ccc(O)cc1. The number of benzene rings is 2. The molecular formula is C14H16N2O6S. The Hall–Kier alpha value is -2.49. The van der Waals surface area contributed by atoms with E-state index in [1.807, 2.05) is 0 Å². The Bertz CT molecular complexity index is 658. The number of aromatic hydroxyl groups is 2. The van der Waals surface area contributed by atoms with Gasteiger partial charge in [-0.3, -0.25) is 0 Å². The summed E-state index contributed by atoms with van der Waals surface area (Å²) in [5.41, 5.74) is 1.17. The third-order valence-electron chi connectivity index (χ3n) is 2.69. The molecule has 4 N–H and O–H groups in total. The largest absolute Gasteiger partial charge is 0.508 e. The fourth-order valence-electron chi connectivity index (χ4n) is 1.56. The minimum absolute atomic E-state index is 0.104. The molecule has 0 radical (unpaired) electrons. The Morgan fingerprint density at radius 3 is 1.43 bits per heavy atom. The van der Waals surface area contributed by atoms with Crippen LogP contribution in [-0.4, -0.2) is 32.1 Å². The average Bonchev–Trinajstić information content (AvgIpc) is 2.51. The summed E-state index contributed by atoms with van der Waals surface area (Å²) in [4.78, 5) is 0. The number of hydrogen-bond acceptors (Lipinski definition) is 8. The van der Waals surface area contributed by atoms with Crippen LogP contribution in [0.1, 0.15) is 0 Å². The Kier molecular flexibility index (Phi) is 5.63. The fourth-order valence-corrected chi connectivity index (χ4v) is 2.04. The summed E-state index contributed by atoms with van der Waals surface area (Å²) in [7, 11) is -4.16. The van der Waals surface area contributed by atoms with Gasteiger partial charge in [0, 0.05) is 11.4 Å². The third kappa shape index (κ3) is 6.02. The summed E-state index contributed by atoms with van der Waals surface area (Å²) >= 11 is 0. The van der Waals surface area contributed by atoms with Crippen LogP contribution in [0, 0.1) is 0 Å². The van der Waals surface area contributed by atoms with Crippen molar-refractivity contribution in [3.05, 3.63) is 48.5 Å². The van der Waals surface area contributed by atoms with E-state index in [0.29, 0.717) is 11.4 Å². The molecule has 0 bridgehead atoms. The molecule has 2 aromatic carbocycles. The lowest BCUT2D eigenvalue weighted by Gasteiger charge is -2.09. The van der Waals surface area contributed by atoms with E-state index in [2.05, 4.69) is 19.0 Å². The van der Waals surface area contributed by atoms with E-state index < -0.39 is 10.4 Å². The second kappa shape index (κ2) is 7.68. The molecule has 0 atom stereocenters. The lowest BCUT2D eigenvalue weighted by molar-refractivity contribution is 0.236. The molecule has 0 fully saturated rings. The van der Waals surface area contributed by atoms with Crippen molar-refractivity contribution in [2.24, 2.45) is 0 Å². The molecule has 0 saturated carbocycles. The maximum Gasteiger partial charge on any atom is 0.403 e. The number of phenolic OH excluding ortho intramolecular Hbond substituents is 2. The van der Waals surface area contributed by atoms with Gasteiger partial charge in [0.15, 0.2) is 0 Å². The van der Waals surface area contributed by atoms with Gasteiger partial charge in [0.1, 0.15) is 25.0 Å². The summed E-state index contributed by atoms with van der Waals surface area (Å²) < 4.78 is 32.3. The smallest absolute Gasteiger partial charge is 0.403 e. The van der Waals surface area contributed by atoms with Gasteiger partial charge < -0.3 is 20.8 Å². The van der Waals surface area contributed by atoms with E-state index >= 15 is 0 Å². The molecule has 9 heteroatoms. The van der Waals surface area contributed by atoms with Crippen LogP contribution in [0.15, 0.2) is 48.5 Å². The van der Waals surface area contributed by atoms with Crippen LogP contribution >= 0.6 is 0 Å². The van der Waals surface area contributed by atoms with Gasteiger partial charge >= 0.3 is 10.4 Å². The monoisotopic (exact) mass is 340 g/mol. The number of rotatable bonds is 8. The molecule has 0 saturated heterocycles. The molecule has 0 aromatic heterocycles. The highest BCUT2D eigenvalue weighted by Crippen LogP contribution is 2.14. The minimum atomic E-state index is -4.16. The van der Waals surface area contributed by atoms with E-state index in [4.69, 9.17) is 10.2 Å². The molecular weight excluding hydrogens is 324 g/mol. The predicted octanol–water partition coefficient (Wildman–Crippen LogP) is 1.81. The second-order valence-electron chi connectivity index (χ2n) is 4.38. The van der Waals surface area contributed by atoms with Gasteiger partial charge in [0.2, 0.25) is 0 Å². The van der Waals surface area contributed by atoms with Crippen LogP contribution in [0.2, 0.25) is 0 Å². The summed E-state index contributed by atoms with van der Waals surface area (Å²) in [5.74, 6) is 0.209. The molecule has 23 heavy (non-hydrogen) atoms. The topological polar surface area (TPSA) is 117 Å². The first-order valence-corrected chi connectivity index (χ1v) is 7.87. The zero-order chi connectivity index (χ0) is 16.7. The molecule has 0 aliphatic carbocycles. The molecule has 0 aliphatic heterocycles. The number of phenols is 2. The fraction of sp³-hybridized carbons (Fsp3) is 0.143. The van der Waals surface area contributed by atoms with Gasteiger partial charge in [-0.1, -0.05) is 0 Å². The second-order valence-corrected chi connectivity index (χ2v) is 5.67. The van der Waals surface area contributed by atoms with Gasteiger partial charge in [-0.2, -0.15) is 8.42 Å². The molecule has 8 nitrogen and oxygen atoms in total. The highest BCUT2D eigenvalue weighted by Gasteiger charge is 2.11. The van der Waals surface area contributed by atoms with Crippen LogP contribution in [0.3, 0.4) is 0 Å². The molecule has 0 unspecified atom stereocenters. The minimum Gasteiger partial charge on any atom is -0.508 e. The van der Waals surface area contributed by atoms with Crippen LogP contribution in [0.25, 0.3) is 0 Å². The van der Waals surface area contributed by atoms with Crippen LogP contribution in [-0.2, 0) is 18.8 Å². The predicted molar refractivity (Wildman–Crippen MR) is 84.3 cm³/mol. The Balaban J connectivity index is 1.71. The number of nitrogens with one attached hydrogen (secondary N) is 2. The molecule has 0 heterocycles. The van der Waals surface area contributed by atoms with Gasteiger partial charge in [0.05, 0.1) is 0 Å². The van der Waals surface area contributed by atoms with Crippen LogP contribution < -0.4 is 10.6 Å². The lowest BCUT2D eigenvalue weighted by atomic mass is 10.3. The summed E-state index contributed by atoms with van der Waals surface area (Å²) in [5, 5.41) is 23.6. The Labute approximate surface area is 133 Å². The van der Waals surface area contributed by atoms with Crippen molar-refractivity contribution in [1.29, 1.82) is 0 Å². The molecule has 2 aromatic rings. The Morgan fingerprint density at radius 1 is 0.739 bits per heavy atom. The van der Waals surface area contributed by atoms with Crippen molar-refractivity contribution in [3.8, 4) is 11.5 Å². The molecule has 0 spiro atoms. The third-order valence-corrected chi connectivity index (χ3v) is 3.51.